The number of hydrogen-bond acceptors (Lipinski definition) is 6. The van der Waals surface area contributed by atoms with E-state index in [4.69, 9.17) is 5.73 Å². The molecular weight excluding hydrogens is 362 g/mol. The number of aryl methyl sites for hydroxylation is 1. The van der Waals surface area contributed by atoms with Crippen molar-refractivity contribution in [3.8, 4) is 0 Å². The molecule has 2 aromatic carbocycles. The molecule has 4 N–H and O–H groups in total. The minimum absolute atomic E-state index is 0.196. The number of hydrogen-bond donors (Lipinski definition) is 3. The lowest BCUT2D eigenvalue weighted by molar-refractivity contribution is 0.627. The van der Waals surface area contributed by atoms with Crippen molar-refractivity contribution in [2.45, 2.75) is 25.9 Å². The molecule has 0 amide bonds. The van der Waals surface area contributed by atoms with E-state index in [-0.39, 0.29) is 12.0 Å². The van der Waals surface area contributed by atoms with Crippen LogP contribution in [0.25, 0.3) is 11.0 Å². The van der Waals surface area contributed by atoms with Gasteiger partial charge in [0.2, 0.25) is 5.95 Å². The number of nitrogens with one attached hydrogen (secondary N) is 2. The van der Waals surface area contributed by atoms with E-state index in [2.05, 4.69) is 85.8 Å². The molecule has 3 heterocycles. The third-order valence-electron chi connectivity index (χ3n) is 5.53. The molecule has 7 nitrogen and oxygen atoms in total. The first-order chi connectivity index (χ1) is 14.2. The van der Waals surface area contributed by atoms with E-state index in [0.717, 1.165) is 30.7 Å². The van der Waals surface area contributed by atoms with Crippen LogP contribution in [0.1, 0.15) is 16.7 Å². The van der Waals surface area contributed by atoms with Crippen LogP contribution in [0.5, 0.6) is 0 Å². The molecule has 1 unspecified atom stereocenters. The highest BCUT2D eigenvalue weighted by Gasteiger charge is 2.25. The Balaban J connectivity index is 1.46. The summed E-state index contributed by atoms with van der Waals surface area (Å²) in [5.74, 6) is 0.957. The smallest absolute Gasteiger partial charge is 0.224 e. The molecule has 4 aromatic rings. The number of nitrogens with two attached hydrogens (primary N) is 1. The first-order valence-corrected chi connectivity index (χ1v) is 9.78. The molecule has 0 fully saturated rings. The predicted molar refractivity (Wildman–Crippen MR) is 116 cm³/mol. The molecule has 1 aliphatic heterocycles. The first kappa shape index (κ1) is 17.5. The zero-order valence-electron chi connectivity index (χ0n) is 16.3. The van der Waals surface area contributed by atoms with Crippen molar-refractivity contribution in [1.29, 1.82) is 0 Å². The second kappa shape index (κ2) is 7.09. The van der Waals surface area contributed by atoms with Crippen LogP contribution in [0.2, 0.25) is 0 Å². The number of aromatic amines is 1. The lowest BCUT2D eigenvalue weighted by atomic mass is 9.96. The Labute approximate surface area is 169 Å². The Kier molecular flexibility index (Phi) is 4.27. The van der Waals surface area contributed by atoms with Crippen molar-refractivity contribution in [2.24, 2.45) is 0 Å². The Morgan fingerprint density at radius 2 is 1.97 bits per heavy atom. The molecule has 0 radical (unpaired) electrons. The molecule has 7 heteroatoms. The van der Waals surface area contributed by atoms with E-state index in [1.807, 2.05) is 0 Å². The van der Waals surface area contributed by atoms with Crippen LogP contribution >= 0.6 is 0 Å². The minimum atomic E-state index is 0.196. The van der Waals surface area contributed by atoms with Gasteiger partial charge in [-0.1, -0.05) is 42.5 Å². The molecule has 29 heavy (non-hydrogen) atoms. The molecule has 0 saturated carbocycles. The number of H-pyrrole nitrogens is 1. The van der Waals surface area contributed by atoms with Gasteiger partial charge in [-0.3, -0.25) is 5.10 Å². The summed E-state index contributed by atoms with van der Waals surface area (Å²) in [5.41, 5.74) is 11.8. The second-order valence-electron chi connectivity index (χ2n) is 7.54. The lowest BCUT2D eigenvalue weighted by Gasteiger charge is -2.37. The first-order valence-electron chi connectivity index (χ1n) is 9.78. The summed E-state index contributed by atoms with van der Waals surface area (Å²) < 4.78 is 0. The lowest BCUT2D eigenvalue weighted by Crippen LogP contribution is -2.42. The van der Waals surface area contributed by atoms with Crippen LogP contribution in [0.3, 0.4) is 0 Å². The summed E-state index contributed by atoms with van der Waals surface area (Å²) in [5, 5.41) is 11.4. The van der Waals surface area contributed by atoms with Crippen LogP contribution in [-0.4, -0.2) is 32.8 Å². The number of nitrogens with zero attached hydrogens (tertiary/aromatic N) is 4. The van der Waals surface area contributed by atoms with Crippen molar-refractivity contribution in [3.05, 3.63) is 71.4 Å². The maximum Gasteiger partial charge on any atom is 0.224 e. The van der Waals surface area contributed by atoms with Crippen molar-refractivity contribution in [1.82, 2.24) is 20.2 Å². The van der Waals surface area contributed by atoms with E-state index in [0.29, 0.717) is 5.65 Å². The Morgan fingerprint density at radius 3 is 2.86 bits per heavy atom. The molecule has 1 aliphatic rings. The highest BCUT2D eigenvalue weighted by atomic mass is 15.2. The van der Waals surface area contributed by atoms with Crippen LogP contribution in [0.4, 0.5) is 17.5 Å². The second-order valence-corrected chi connectivity index (χ2v) is 7.54. The van der Waals surface area contributed by atoms with E-state index >= 15 is 0 Å². The van der Waals surface area contributed by atoms with Gasteiger partial charge >= 0.3 is 0 Å². The molecule has 0 saturated heterocycles. The quantitative estimate of drug-likeness (QED) is 0.499. The monoisotopic (exact) mass is 385 g/mol. The molecule has 0 aliphatic carbocycles. The number of nitrogen functional groups attached to an aromatic ring is 1. The fraction of sp³-hybridized carbons (Fsp3) is 0.227. The van der Waals surface area contributed by atoms with Crippen molar-refractivity contribution >= 4 is 28.5 Å². The van der Waals surface area contributed by atoms with Crippen molar-refractivity contribution in [2.75, 3.05) is 22.5 Å². The van der Waals surface area contributed by atoms with Crippen LogP contribution in [0, 0.1) is 6.92 Å². The topological polar surface area (TPSA) is 95.7 Å². The molecule has 1 atom stereocenters. The number of anilines is 3. The largest absolute Gasteiger partial charge is 0.368 e. The summed E-state index contributed by atoms with van der Waals surface area (Å²) in [6.45, 7) is 3.91. The fourth-order valence-electron chi connectivity index (χ4n) is 4.08. The van der Waals surface area contributed by atoms with Gasteiger partial charge in [-0.05, 0) is 36.1 Å². The SMILES string of the molecule is Cc1ccccc1CN1CC(Nc2nc(N)nc3[nH]ncc23)Cc2ccccc21. The summed E-state index contributed by atoms with van der Waals surface area (Å²) in [6.07, 6.45) is 2.66. The third-order valence-corrected chi connectivity index (χ3v) is 5.53. The Bertz CT molecular complexity index is 1170. The van der Waals surface area contributed by atoms with Gasteiger partial charge in [-0.25, -0.2) is 0 Å². The van der Waals surface area contributed by atoms with Gasteiger partial charge in [-0.15, -0.1) is 0 Å². The number of para-hydroxylation sites is 1. The molecule has 146 valence electrons. The molecule has 2 aromatic heterocycles. The highest BCUT2D eigenvalue weighted by Crippen LogP contribution is 2.31. The van der Waals surface area contributed by atoms with Gasteiger partial charge in [0.05, 0.1) is 11.6 Å². The molecule has 0 bridgehead atoms. The summed E-state index contributed by atoms with van der Waals surface area (Å²) in [6, 6.07) is 17.4. The minimum Gasteiger partial charge on any atom is -0.368 e. The number of aromatic nitrogens is 4. The highest BCUT2D eigenvalue weighted by molar-refractivity contribution is 5.87. The van der Waals surface area contributed by atoms with Gasteiger partial charge < -0.3 is 16.0 Å². The maximum atomic E-state index is 5.89. The van der Waals surface area contributed by atoms with Crippen molar-refractivity contribution in [3.63, 3.8) is 0 Å². The number of fused-ring (bicyclic) bond motifs is 2. The van der Waals surface area contributed by atoms with E-state index < -0.39 is 0 Å². The summed E-state index contributed by atoms with van der Waals surface area (Å²) in [7, 11) is 0. The zero-order chi connectivity index (χ0) is 19.8. The van der Waals surface area contributed by atoms with Crippen LogP contribution in [-0.2, 0) is 13.0 Å². The summed E-state index contributed by atoms with van der Waals surface area (Å²) in [4.78, 5) is 11.1. The van der Waals surface area contributed by atoms with Crippen LogP contribution in [0.15, 0.2) is 54.7 Å². The average Bonchev–Trinajstić information content (AvgIpc) is 3.18. The van der Waals surface area contributed by atoms with Gasteiger partial charge in [0.15, 0.2) is 5.65 Å². The van der Waals surface area contributed by atoms with E-state index in [1.54, 1.807) is 6.20 Å². The fourth-order valence-corrected chi connectivity index (χ4v) is 4.08. The van der Waals surface area contributed by atoms with Gasteiger partial charge in [0.1, 0.15) is 5.82 Å². The Hall–Kier alpha value is -3.61. The Morgan fingerprint density at radius 1 is 1.14 bits per heavy atom. The van der Waals surface area contributed by atoms with Gasteiger partial charge in [0.25, 0.3) is 0 Å². The number of rotatable bonds is 4. The maximum absolute atomic E-state index is 5.89. The number of benzene rings is 2. The standard InChI is InChI=1S/C22H23N7/c1-14-6-2-3-8-16(14)12-29-13-17(10-15-7-4-5-9-19(15)29)25-20-18-11-24-28-21(18)27-22(23)26-20/h2-9,11,17H,10,12-13H2,1H3,(H4,23,24,25,26,27,28). The van der Waals surface area contributed by atoms with Gasteiger partial charge in [0, 0.05) is 24.8 Å². The van der Waals surface area contributed by atoms with Crippen LogP contribution < -0.4 is 16.0 Å². The normalized spacial score (nSPS) is 16.0. The van der Waals surface area contributed by atoms with E-state index in [1.165, 1.54) is 22.4 Å². The molecule has 0 spiro atoms. The molecule has 5 rings (SSSR count). The third kappa shape index (κ3) is 3.35. The van der Waals surface area contributed by atoms with E-state index in [9.17, 15) is 0 Å². The predicted octanol–water partition coefficient (Wildman–Crippen LogP) is 3.29. The van der Waals surface area contributed by atoms with Crippen molar-refractivity contribution < 1.29 is 0 Å². The average molecular weight is 385 g/mol. The molecular formula is C22H23N7. The van der Waals surface area contributed by atoms with Gasteiger partial charge in [-0.2, -0.15) is 15.1 Å². The summed E-state index contributed by atoms with van der Waals surface area (Å²) >= 11 is 0. The zero-order valence-corrected chi connectivity index (χ0v) is 16.3.